The molecule has 0 saturated carbocycles. The summed E-state index contributed by atoms with van der Waals surface area (Å²) in [5.41, 5.74) is 1.12. The number of amides is 2. The van der Waals surface area contributed by atoms with Gasteiger partial charge in [-0.1, -0.05) is 6.42 Å². The number of urea groups is 1. The molecule has 1 atom stereocenters. The summed E-state index contributed by atoms with van der Waals surface area (Å²) in [6.45, 7) is 8.90. The number of thiophene rings is 1. The van der Waals surface area contributed by atoms with E-state index in [-0.39, 0.29) is 11.6 Å². The number of nitrogens with zero attached hydrogens (tertiary/aromatic N) is 1. The fourth-order valence-electron chi connectivity index (χ4n) is 2.73. The van der Waals surface area contributed by atoms with Crippen molar-refractivity contribution in [2.75, 3.05) is 19.6 Å². The number of carbonyl (C=O) groups excluding carboxylic acids is 1. The molecule has 0 spiro atoms. The Hall–Kier alpha value is -1.07. The van der Waals surface area contributed by atoms with Crippen LogP contribution in [0.2, 0.25) is 0 Å². The molecule has 1 aliphatic rings. The number of piperidine rings is 1. The highest BCUT2D eigenvalue weighted by Gasteiger charge is 2.23. The summed E-state index contributed by atoms with van der Waals surface area (Å²) in [6.07, 6.45) is 3.84. The molecule has 21 heavy (non-hydrogen) atoms. The quantitative estimate of drug-likeness (QED) is 0.895. The van der Waals surface area contributed by atoms with Gasteiger partial charge in [-0.05, 0) is 69.1 Å². The van der Waals surface area contributed by atoms with E-state index in [1.165, 1.54) is 24.8 Å². The molecular weight excluding hydrogens is 282 g/mol. The largest absolute Gasteiger partial charge is 0.336 e. The molecule has 2 amide bonds. The summed E-state index contributed by atoms with van der Waals surface area (Å²) >= 11 is 1.72. The zero-order chi connectivity index (χ0) is 15.3. The van der Waals surface area contributed by atoms with Crippen molar-refractivity contribution < 1.29 is 4.79 Å². The van der Waals surface area contributed by atoms with Crippen LogP contribution in [0.25, 0.3) is 0 Å². The maximum atomic E-state index is 12.0. The average Bonchev–Trinajstić information content (AvgIpc) is 2.92. The van der Waals surface area contributed by atoms with Gasteiger partial charge in [0.25, 0.3) is 0 Å². The van der Waals surface area contributed by atoms with Crippen LogP contribution < -0.4 is 10.6 Å². The van der Waals surface area contributed by atoms with Gasteiger partial charge in [0.15, 0.2) is 0 Å². The van der Waals surface area contributed by atoms with Gasteiger partial charge in [0, 0.05) is 12.1 Å². The molecule has 1 aliphatic heterocycles. The third-order valence-corrected chi connectivity index (χ3v) is 4.41. The van der Waals surface area contributed by atoms with Crippen LogP contribution >= 0.6 is 11.3 Å². The molecule has 0 radical (unpaired) electrons. The zero-order valence-electron chi connectivity index (χ0n) is 13.3. The summed E-state index contributed by atoms with van der Waals surface area (Å²) in [4.78, 5) is 14.5. The number of hydrogen-bond acceptors (Lipinski definition) is 3. The SMILES string of the molecule is CC(C)(C)NC(=O)NCC(c1ccsc1)N1CCCCC1. The van der Waals surface area contributed by atoms with E-state index in [0.717, 1.165) is 13.1 Å². The first-order valence-electron chi connectivity index (χ1n) is 7.78. The maximum Gasteiger partial charge on any atom is 0.315 e. The fourth-order valence-corrected chi connectivity index (χ4v) is 3.43. The van der Waals surface area contributed by atoms with Crippen LogP contribution in [0.1, 0.15) is 51.6 Å². The van der Waals surface area contributed by atoms with E-state index in [2.05, 4.69) is 32.4 Å². The Bertz CT molecular complexity index is 433. The lowest BCUT2D eigenvalue weighted by molar-refractivity contribution is 0.160. The highest BCUT2D eigenvalue weighted by atomic mass is 32.1. The van der Waals surface area contributed by atoms with Crippen molar-refractivity contribution in [3.8, 4) is 0 Å². The smallest absolute Gasteiger partial charge is 0.315 e. The van der Waals surface area contributed by atoms with Crippen LogP contribution in [-0.4, -0.2) is 36.1 Å². The Morgan fingerprint density at radius 2 is 2.05 bits per heavy atom. The number of likely N-dealkylation sites (tertiary alicyclic amines) is 1. The van der Waals surface area contributed by atoms with Crippen molar-refractivity contribution in [1.29, 1.82) is 0 Å². The Morgan fingerprint density at radius 1 is 1.33 bits per heavy atom. The first kappa shape index (κ1) is 16.3. The van der Waals surface area contributed by atoms with Gasteiger partial charge in [0.05, 0.1) is 6.04 Å². The second-order valence-electron chi connectivity index (χ2n) is 6.75. The van der Waals surface area contributed by atoms with Crippen molar-refractivity contribution in [2.45, 2.75) is 51.6 Å². The first-order chi connectivity index (χ1) is 9.96. The topological polar surface area (TPSA) is 44.4 Å². The number of nitrogens with one attached hydrogen (secondary N) is 2. The minimum absolute atomic E-state index is 0.0836. The Labute approximate surface area is 131 Å². The summed E-state index contributed by atoms with van der Waals surface area (Å²) in [5.74, 6) is 0. The molecule has 4 nitrogen and oxygen atoms in total. The molecule has 1 aromatic heterocycles. The van der Waals surface area contributed by atoms with Crippen molar-refractivity contribution in [3.63, 3.8) is 0 Å². The predicted octanol–water partition coefficient (Wildman–Crippen LogP) is 3.37. The van der Waals surface area contributed by atoms with Crippen LogP contribution in [0, 0.1) is 0 Å². The fraction of sp³-hybridized carbons (Fsp3) is 0.688. The standard InChI is InChI=1S/C16H27N3OS/c1-16(2,3)18-15(20)17-11-14(13-7-10-21-12-13)19-8-5-4-6-9-19/h7,10,12,14H,4-6,8-9,11H2,1-3H3,(H2,17,18,20). The van der Waals surface area contributed by atoms with Crippen molar-refractivity contribution in [1.82, 2.24) is 15.5 Å². The summed E-state index contributed by atoms with van der Waals surface area (Å²) in [6, 6.07) is 2.38. The Morgan fingerprint density at radius 3 is 2.62 bits per heavy atom. The highest BCUT2D eigenvalue weighted by Crippen LogP contribution is 2.25. The first-order valence-corrected chi connectivity index (χ1v) is 8.72. The van der Waals surface area contributed by atoms with Crippen molar-refractivity contribution >= 4 is 17.4 Å². The van der Waals surface area contributed by atoms with Crippen molar-refractivity contribution in [3.05, 3.63) is 22.4 Å². The number of rotatable bonds is 4. The second kappa shape index (κ2) is 7.27. The van der Waals surface area contributed by atoms with Gasteiger partial charge >= 0.3 is 6.03 Å². The molecule has 1 aromatic rings. The van der Waals surface area contributed by atoms with E-state index in [1.54, 1.807) is 11.3 Å². The zero-order valence-corrected chi connectivity index (χ0v) is 14.1. The molecule has 0 aliphatic carbocycles. The van der Waals surface area contributed by atoms with Crippen LogP contribution in [-0.2, 0) is 0 Å². The van der Waals surface area contributed by atoms with Crippen LogP contribution in [0.3, 0.4) is 0 Å². The van der Waals surface area contributed by atoms with E-state index in [4.69, 9.17) is 0 Å². The minimum atomic E-state index is -0.201. The van der Waals surface area contributed by atoms with Gasteiger partial charge in [-0.3, -0.25) is 4.90 Å². The van der Waals surface area contributed by atoms with Gasteiger partial charge < -0.3 is 10.6 Å². The molecule has 2 heterocycles. The molecule has 2 rings (SSSR count). The van der Waals surface area contributed by atoms with Gasteiger partial charge in [0.2, 0.25) is 0 Å². The van der Waals surface area contributed by atoms with Crippen LogP contribution in [0.4, 0.5) is 4.79 Å². The normalized spacial score (nSPS) is 18.2. The Kier molecular flexibility index (Phi) is 5.65. The third-order valence-electron chi connectivity index (χ3n) is 3.70. The number of carbonyl (C=O) groups is 1. The highest BCUT2D eigenvalue weighted by molar-refractivity contribution is 7.07. The maximum absolute atomic E-state index is 12.0. The lowest BCUT2D eigenvalue weighted by atomic mass is 10.0. The summed E-state index contributed by atoms with van der Waals surface area (Å²) in [7, 11) is 0. The van der Waals surface area contributed by atoms with Gasteiger partial charge in [-0.15, -0.1) is 0 Å². The molecule has 118 valence electrons. The predicted molar refractivity (Wildman–Crippen MR) is 88.8 cm³/mol. The Balaban J connectivity index is 1.95. The van der Waals surface area contributed by atoms with E-state index < -0.39 is 0 Å². The monoisotopic (exact) mass is 309 g/mol. The molecule has 1 saturated heterocycles. The average molecular weight is 309 g/mol. The molecular formula is C16H27N3OS. The lowest BCUT2D eigenvalue weighted by Gasteiger charge is -2.34. The number of hydrogen-bond donors (Lipinski definition) is 2. The molecule has 0 aromatic carbocycles. The van der Waals surface area contributed by atoms with E-state index in [0.29, 0.717) is 12.6 Å². The second-order valence-corrected chi connectivity index (χ2v) is 7.53. The van der Waals surface area contributed by atoms with Gasteiger partial charge in [-0.2, -0.15) is 11.3 Å². The summed E-state index contributed by atoms with van der Waals surface area (Å²) < 4.78 is 0. The van der Waals surface area contributed by atoms with E-state index in [9.17, 15) is 4.79 Å². The summed E-state index contributed by atoms with van der Waals surface area (Å²) in [5, 5.41) is 10.3. The van der Waals surface area contributed by atoms with Gasteiger partial charge in [0.1, 0.15) is 0 Å². The van der Waals surface area contributed by atoms with Crippen LogP contribution in [0.5, 0.6) is 0 Å². The van der Waals surface area contributed by atoms with E-state index in [1.807, 2.05) is 20.8 Å². The third kappa shape index (κ3) is 5.32. The molecule has 1 fully saturated rings. The molecule has 2 N–H and O–H groups in total. The van der Waals surface area contributed by atoms with Gasteiger partial charge in [-0.25, -0.2) is 4.79 Å². The lowest BCUT2D eigenvalue weighted by Crippen LogP contribution is -2.49. The molecule has 5 heteroatoms. The van der Waals surface area contributed by atoms with E-state index >= 15 is 0 Å². The molecule has 0 bridgehead atoms. The minimum Gasteiger partial charge on any atom is -0.336 e. The van der Waals surface area contributed by atoms with Crippen LogP contribution in [0.15, 0.2) is 16.8 Å². The molecule has 1 unspecified atom stereocenters. The van der Waals surface area contributed by atoms with Crippen molar-refractivity contribution in [2.24, 2.45) is 0 Å².